The minimum atomic E-state index is -0.851. The van der Waals surface area contributed by atoms with Crippen LogP contribution in [-0.4, -0.2) is 106 Å². The van der Waals surface area contributed by atoms with Gasteiger partial charge in [-0.3, -0.25) is 9.80 Å². The number of amides is 2. The molecule has 2 unspecified atom stereocenters. The maximum atomic E-state index is 14.5. The van der Waals surface area contributed by atoms with E-state index in [1.54, 1.807) is 4.90 Å². The summed E-state index contributed by atoms with van der Waals surface area (Å²) in [5, 5.41) is 0. The summed E-state index contributed by atoms with van der Waals surface area (Å²) >= 11 is 0. The second kappa shape index (κ2) is 12.2. The number of alkyl halides is 1. The SMILES string of the molecule is CC(C)(C)OC(=O)N1C2CCC1CN(c1nc(OC[C@@]34CCCN3C[C@H](F)C4)nc3c1CCN(C(=O)OCc1ccccc1)C3)C2. The smallest absolute Gasteiger partial charge is 0.410 e. The molecule has 5 aliphatic heterocycles. The first-order valence-electron chi connectivity index (χ1n) is 16.7. The van der Waals surface area contributed by atoms with Gasteiger partial charge in [0, 0.05) is 38.2 Å². The minimum Gasteiger partial charge on any atom is -0.461 e. The summed E-state index contributed by atoms with van der Waals surface area (Å²) in [6.45, 7) is 9.55. The predicted molar refractivity (Wildman–Crippen MR) is 168 cm³/mol. The van der Waals surface area contributed by atoms with E-state index in [2.05, 4.69) is 9.80 Å². The van der Waals surface area contributed by atoms with Gasteiger partial charge < -0.3 is 24.0 Å². The highest BCUT2D eigenvalue weighted by molar-refractivity contribution is 5.71. The van der Waals surface area contributed by atoms with Crippen molar-refractivity contribution in [3.8, 4) is 6.01 Å². The Morgan fingerprint density at radius 2 is 1.78 bits per heavy atom. The molecule has 4 saturated heterocycles. The van der Waals surface area contributed by atoms with Gasteiger partial charge >= 0.3 is 18.2 Å². The van der Waals surface area contributed by atoms with Gasteiger partial charge in [0.25, 0.3) is 0 Å². The fourth-order valence-electron chi connectivity index (χ4n) is 8.02. The van der Waals surface area contributed by atoms with Crippen LogP contribution >= 0.6 is 0 Å². The van der Waals surface area contributed by atoms with Gasteiger partial charge in [0.2, 0.25) is 0 Å². The molecule has 5 aliphatic rings. The Kier molecular flexibility index (Phi) is 8.19. The highest BCUT2D eigenvalue weighted by atomic mass is 19.1. The lowest BCUT2D eigenvalue weighted by atomic mass is 9.95. The summed E-state index contributed by atoms with van der Waals surface area (Å²) in [4.78, 5) is 44.2. The van der Waals surface area contributed by atoms with Crippen LogP contribution in [0, 0.1) is 0 Å². The third kappa shape index (κ3) is 6.20. The van der Waals surface area contributed by atoms with E-state index in [-0.39, 0.29) is 49.0 Å². The van der Waals surface area contributed by atoms with Crippen molar-refractivity contribution in [3.05, 3.63) is 47.2 Å². The molecule has 11 nitrogen and oxygen atoms in total. The normalized spacial score (nSPS) is 27.4. The lowest BCUT2D eigenvalue weighted by Crippen LogP contribution is -2.57. The van der Waals surface area contributed by atoms with Crippen LogP contribution in [0.2, 0.25) is 0 Å². The fourth-order valence-corrected chi connectivity index (χ4v) is 8.02. The lowest BCUT2D eigenvalue weighted by molar-refractivity contribution is 0.0122. The number of anilines is 1. The maximum Gasteiger partial charge on any atom is 0.410 e. The van der Waals surface area contributed by atoms with E-state index >= 15 is 0 Å². The van der Waals surface area contributed by atoms with Gasteiger partial charge in [-0.15, -0.1) is 0 Å². The highest BCUT2D eigenvalue weighted by Gasteiger charge is 2.50. The van der Waals surface area contributed by atoms with E-state index in [0.717, 1.165) is 54.9 Å². The topological polar surface area (TPSA) is 101 Å². The first kappa shape index (κ1) is 31.0. The molecule has 2 aromatic rings. The molecular formula is C34H45FN6O5. The molecule has 46 heavy (non-hydrogen) atoms. The average Bonchev–Trinajstić information content (AvgIpc) is 3.64. The third-order valence-electron chi connectivity index (χ3n) is 10.1. The van der Waals surface area contributed by atoms with Gasteiger partial charge in [-0.05, 0) is 65.0 Å². The monoisotopic (exact) mass is 636 g/mol. The van der Waals surface area contributed by atoms with Crippen LogP contribution in [0.1, 0.15) is 69.7 Å². The van der Waals surface area contributed by atoms with Crippen LogP contribution in [0.3, 0.4) is 0 Å². The van der Waals surface area contributed by atoms with Crippen LogP contribution in [0.25, 0.3) is 0 Å². The van der Waals surface area contributed by atoms with Gasteiger partial charge in [-0.1, -0.05) is 30.3 Å². The zero-order valence-corrected chi connectivity index (χ0v) is 27.1. The van der Waals surface area contributed by atoms with E-state index in [9.17, 15) is 14.0 Å². The van der Waals surface area contributed by atoms with E-state index in [0.29, 0.717) is 45.6 Å². The Morgan fingerprint density at radius 1 is 1.02 bits per heavy atom. The molecule has 6 heterocycles. The van der Waals surface area contributed by atoms with Crippen LogP contribution < -0.4 is 9.64 Å². The summed E-state index contributed by atoms with van der Waals surface area (Å²) < 4.78 is 32.2. The zero-order chi connectivity index (χ0) is 32.1. The van der Waals surface area contributed by atoms with Gasteiger partial charge in [0.05, 0.1) is 29.9 Å². The van der Waals surface area contributed by atoms with Crippen molar-refractivity contribution in [1.82, 2.24) is 24.7 Å². The number of fused-ring (bicyclic) bond motifs is 4. The highest BCUT2D eigenvalue weighted by Crippen LogP contribution is 2.41. The molecule has 4 atom stereocenters. The Bertz CT molecular complexity index is 1440. The standard InChI is InChI=1S/C34H45FN6O5/c1-33(2,3)46-32(43)41-25-10-11-26(41)19-39(18-25)29-27-12-15-38(31(42)44-21-23-8-5-4-6-9-23)20-28(27)36-30(37-29)45-22-34-13-7-14-40(34)17-24(35)16-34/h4-6,8-9,24-26H,7,10-22H2,1-3H3/t24-,25?,26?,34+/m1/s1. The number of benzene rings is 1. The molecular weight excluding hydrogens is 591 g/mol. The number of piperazine rings is 1. The zero-order valence-electron chi connectivity index (χ0n) is 27.1. The Labute approximate surface area is 270 Å². The lowest BCUT2D eigenvalue weighted by Gasteiger charge is -2.42. The second-order valence-corrected chi connectivity index (χ2v) is 14.5. The molecule has 2 amide bonds. The molecule has 0 radical (unpaired) electrons. The summed E-state index contributed by atoms with van der Waals surface area (Å²) in [5.41, 5.74) is 1.77. The Morgan fingerprint density at radius 3 is 2.52 bits per heavy atom. The molecule has 1 aromatic heterocycles. The summed E-state index contributed by atoms with van der Waals surface area (Å²) in [5.74, 6) is 0.800. The number of rotatable bonds is 6. The molecule has 4 fully saturated rings. The number of hydrogen-bond donors (Lipinski definition) is 0. The van der Waals surface area contributed by atoms with E-state index < -0.39 is 11.8 Å². The molecule has 1 aromatic carbocycles. The first-order chi connectivity index (χ1) is 22.1. The van der Waals surface area contributed by atoms with Crippen molar-refractivity contribution in [1.29, 1.82) is 0 Å². The third-order valence-corrected chi connectivity index (χ3v) is 10.1. The van der Waals surface area contributed by atoms with E-state index in [4.69, 9.17) is 24.2 Å². The minimum absolute atomic E-state index is 0.0162. The maximum absolute atomic E-state index is 14.5. The van der Waals surface area contributed by atoms with Crippen LogP contribution in [-0.2, 0) is 29.0 Å². The van der Waals surface area contributed by atoms with Gasteiger partial charge in [-0.25, -0.2) is 14.0 Å². The summed E-state index contributed by atoms with van der Waals surface area (Å²) in [6, 6.07) is 9.91. The van der Waals surface area contributed by atoms with Crippen LogP contribution in [0.5, 0.6) is 6.01 Å². The fraction of sp³-hybridized carbons (Fsp3) is 0.647. The average molecular weight is 637 g/mol. The van der Waals surface area contributed by atoms with Crippen molar-refractivity contribution < 1.29 is 28.2 Å². The largest absolute Gasteiger partial charge is 0.461 e. The van der Waals surface area contributed by atoms with Gasteiger partial charge in [0.15, 0.2) is 0 Å². The van der Waals surface area contributed by atoms with Gasteiger partial charge in [0.1, 0.15) is 30.8 Å². The molecule has 0 saturated carbocycles. The summed E-state index contributed by atoms with van der Waals surface area (Å²) in [7, 11) is 0. The number of ether oxygens (including phenoxy) is 3. The number of nitrogens with zero attached hydrogens (tertiary/aromatic N) is 6. The number of carbonyl (C=O) groups is 2. The Hall–Kier alpha value is -3.67. The predicted octanol–water partition coefficient (Wildman–Crippen LogP) is 4.71. The molecule has 12 heteroatoms. The van der Waals surface area contributed by atoms with Crippen LogP contribution in [0.15, 0.2) is 30.3 Å². The molecule has 0 spiro atoms. The van der Waals surface area contributed by atoms with Crippen molar-refractivity contribution in [3.63, 3.8) is 0 Å². The van der Waals surface area contributed by atoms with Crippen molar-refractivity contribution in [2.75, 3.05) is 44.2 Å². The number of aromatic nitrogens is 2. The van der Waals surface area contributed by atoms with E-state index in [1.165, 1.54) is 0 Å². The second-order valence-electron chi connectivity index (χ2n) is 14.5. The molecule has 7 rings (SSSR count). The van der Waals surface area contributed by atoms with E-state index in [1.807, 2.05) is 56.0 Å². The van der Waals surface area contributed by atoms with Crippen molar-refractivity contribution in [2.24, 2.45) is 0 Å². The summed E-state index contributed by atoms with van der Waals surface area (Å²) in [6.07, 6.45) is 3.26. The number of halogens is 1. The van der Waals surface area contributed by atoms with Crippen molar-refractivity contribution >= 4 is 18.0 Å². The molecule has 0 aliphatic carbocycles. The number of hydrogen-bond acceptors (Lipinski definition) is 9. The number of carbonyl (C=O) groups excluding carboxylic acids is 2. The molecule has 0 N–H and O–H groups in total. The quantitative estimate of drug-likeness (QED) is 0.446. The molecule has 2 bridgehead atoms. The van der Waals surface area contributed by atoms with Crippen LogP contribution in [0.4, 0.5) is 19.8 Å². The van der Waals surface area contributed by atoms with Crippen molar-refractivity contribution in [2.45, 2.75) is 102 Å². The molecule has 248 valence electrons. The first-order valence-corrected chi connectivity index (χ1v) is 16.7. The Balaban J connectivity index is 1.12. The van der Waals surface area contributed by atoms with Gasteiger partial charge in [-0.2, -0.15) is 9.97 Å².